The van der Waals surface area contributed by atoms with Crippen molar-refractivity contribution in [2.24, 2.45) is 0 Å². The van der Waals surface area contributed by atoms with Gasteiger partial charge in [0.2, 0.25) is 0 Å². The molecule has 333 valence electrons. The molecule has 4 nitrogen and oxygen atoms in total. The Hall–Kier alpha value is -3.11. The largest absolute Gasteiger partial charge is 0.741 e. The van der Waals surface area contributed by atoms with Crippen LogP contribution in [0.15, 0.2) is 182 Å². The average molecular weight is 1010 g/mol. The standard InChI is InChI=1S/C42H42NP3.C8H12.CHF3O3S.Rh/c1-7-19-37(20-8-1)44(38-21-9-2-10-22-38)34-31-43(32-35-45(39-23-11-3-12-24-39)40-25-13-4-14-26-40)33-36-46(41-27-15-5-16-28-41)42-29-17-6-18-30-42;1-2-4-6-8-7-5-3-1;2-1(3,4)8(5,6)7;/h1-30H,31-36H2;1-2,7-8H,3-6H2;(H,5,6,7);/p-1. The Bertz CT molecular complexity index is 1850. The van der Waals surface area contributed by atoms with Gasteiger partial charge in [-0.2, -0.15) is 13.2 Å². The normalized spacial score (nSPS) is 13.2. The summed E-state index contributed by atoms with van der Waals surface area (Å²) in [6, 6.07) is 67.2. The Morgan fingerprint density at radius 2 is 0.587 bits per heavy atom. The van der Waals surface area contributed by atoms with Gasteiger partial charge in [0.1, 0.15) is 0 Å². The number of alkyl halides is 3. The van der Waals surface area contributed by atoms with Crippen LogP contribution in [0.5, 0.6) is 0 Å². The Labute approximate surface area is 390 Å². The monoisotopic (exact) mass is 1010 g/mol. The molecule has 0 bridgehead atoms. The second-order valence-electron chi connectivity index (χ2n) is 14.3. The summed E-state index contributed by atoms with van der Waals surface area (Å²) >= 11 is 0. The third-order valence-electron chi connectivity index (χ3n) is 9.94. The van der Waals surface area contributed by atoms with Crippen molar-refractivity contribution in [3.63, 3.8) is 0 Å². The third kappa shape index (κ3) is 18.7. The summed E-state index contributed by atoms with van der Waals surface area (Å²) in [5.41, 5.74) is -5.65. The van der Waals surface area contributed by atoms with Gasteiger partial charge in [0.15, 0.2) is 10.1 Å². The molecule has 1 aliphatic carbocycles. The van der Waals surface area contributed by atoms with Crippen molar-refractivity contribution >= 4 is 65.7 Å². The first-order valence-corrected chi connectivity index (χ1v) is 26.8. The third-order valence-corrected chi connectivity index (χ3v) is 18.0. The van der Waals surface area contributed by atoms with Crippen LogP contribution < -0.4 is 31.8 Å². The van der Waals surface area contributed by atoms with Gasteiger partial charge in [-0.1, -0.05) is 182 Å². The van der Waals surface area contributed by atoms with E-state index in [1.165, 1.54) is 57.5 Å². The van der Waals surface area contributed by atoms with Crippen molar-refractivity contribution in [3.8, 4) is 0 Å². The van der Waals surface area contributed by atoms with E-state index in [1.807, 2.05) is 0 Å². The van der Waals surface area contributed by atoms with Gasteiger partial charge in [-0.25, -0.2) is 8.42 Å². The maximum atomic E-state index is 10.7. The molecule has 0 N–H and O–H groups in total. The smallest absolute Gasteiger partial charge is 0.485 e. The molecule has 7 rings (SSSR count). The van der Waals surface area contributed by atoms with Crippen LogP contribution in [0.2, 0.25) is 0 Å². The van der Waals surface area contributed by atoms with Crippen LogP contribution in [0.1, 0.15) is 25.7 Å². The molecule has 6 aromatic carbocycles. The number of benzene rings is 6. The molecule has 0 unspecified atom stereocenters. The van der Waals surface area contributed by atoms with Gasteiger partial charge in [-0.05, 0) is 125 Å². The Morgan fingerprint density at radius 1 is 0.413 bits per heavy atom. The van der Waals surface area contributed by atoms with Gasteiger partial charge in [-0.3, -0.25) is 0 Å². The molecular weight excluding hydrogens is 959 g/mol. The molecule has 1 aliphatic rings. The first-order valence-electron chi connectivity index (χ1n) is 20.8. The summed E-state index contributed by atoms with van der Waals surface area (Å²) in [6.07, 6.45) is 17.5. The van der Waals surface area contributed by atoms with Gasteiger partial charge in [0.25, 0.3) is 0 Å². The van der Waals surface area contributed by atoms with E-state index in [2.05, 4.69) is 213 Å². The van der Waals surface area contributed by atoms with Crippen LogP contribution in [-0.2, 0) is 29.6 Å². The van der Waals surface area contributed by atoms with Crippen molar-refractivity contribution in [1.29, 1.82) is 0 Å². The zero-order valence-corrected chi connectivity index (χ0v) is 40.2. The summed E-state index contributed by atoms with van der Waals surface area (Å²) in [5.74, 6) is 0. The summed E-state index contributed by atoms with van der Waals surface area (Å²) in [4.78, 5) is 2.80. The Morgan fingerprint density at radius 3 is 0.746 bits per heavy atom. The average Bonchev–Trinajstić information content (AvgIpc) is 3.28. The van der Waals surface area contributed by atoms with Crippen molar-refractivity contribution in [3.05, 3.63) is 208 Å². The molecule has 5 radical (unpaired) electrons. The van der Waals surface area contributed by atoms with Crippen LogP contribution in [0.4, 0.5) is 13.2 Å². The van der Waals surface area contributed by atoms with Gasteiger partial charge < -0.3 is 9.45 Å². The number of halogens is 3. The number of rotatable bonds is 15. The molecule has 1 saturated carbocycles. The van der Waals surface area contributed by atoms with Crippen molar-refractivity contribution < 1.29 is 45.6 Å². The van der Waals surface area contributed by atoms with E-state index in [1.54, 1.807) is 0 Å². The fourth-order valence-corrected chi connectivity index (χ4v) is 13.9. The molecule has 6 aromatic rings. The molecule has 1 fully saturated rings. The number of hydrogen-bond donors (Lipinski definition) is 0. The van der Waals surface area contributed by atoms with E-state index in [9.17, 15) is 13.2 Å². The molecule has 0 amide bonds. The van der Waals surface area contributed by atoms with Crippen LogP contribution in [-0.4, -0.2) is 61.5 Å². The predicted octanol–water partition coefficient (Wildman–Crippen LogP) is 10.1. The second-order valence-corrected chi connectivity index (χ2v) is 22.7. The van der Waals surface area contributed by atoms with Gasteiger partial charge in [-0.15, -0.1) is 0 Å². The Balaban J connectivity index is 0.000000432. The SMILES string of the molecule is O=S(=O)([O-])C(F)(F)F.[CH]1[CH]CC[CH][CH]CC1.[Rh].c1ccc(P(CCN(CCP(c2ccccc2)c2ccccc2)CCP(c2ccccc2)c2ccccc2)c2ccccc2)cc1. The molecule has 0 atom stereocenters. The van der Waals surface area contributed by atoms with E-state index in [4.69, 9.17) is 13.0 Å². The van der Waals surface area contributed by atoms with Crippen molar-refractivity contribution in [1.82, 2.24) is 4.90 Å². The zero-order valence-electron chi connectivity index (χ0n) is 35.1. The zero-order chi connectivity index (χ0) is 43.9. The minimum absolute atomic E-state index is 0. The summed E-state index contributed by atoms with van der Waals surface area (Å²) in [7, 11) is -7.42. The van der Waals surface area contributed by atoms with E-state index in [0.717, 1.165) is 38.1 Å². The minimum Gasteiger partial charge on any atom is -0.741 e. The number of hydrogen-bond acceptors (Lipinski definition) is 4. The molecule has 0 spiro atoms. The fourth-order valence-electron chi connectivity index (χ4n) is 6.79. The van der Waals surface area contributed by atoms with Crippen molar-refractivity contribution in [2.45, 2.75) is 31.2 Å². The topological polar surface area (TPSA) is 60.4 Å². The first-order chi connectivity index (χ1) is 30.1. The molecular formula is C51H54F3NO3P3RhS-. The minimum atomic E-state index is -6.09. The van der Waals surface area contributed by atoms with E-state index in [0.29, 0.717) is 0 Å². The van der Waals surface area contributed by atoms with E-state index < -0.39 is 39.4 Å². The summed E-state index contributed by atoms with van der Waals surface area (Å²) < 4.78 is 58.9. The fraction of sp³-hybridized carbons (Fsp3) is 0.216. The van der Waals surface area contributed by atoms with E-state index in [-0.39, 0.29) is 19.5 Å². The van der Waals surface area contributed by atoms with Gasteiger partial charge >= 0.3 is 5.51 Å². The van der Waals surface area contributed by atoms with E-state index >= 15 is 0 Å². The summed E-state index contributed by atoms with van der Waals surface area (Å²) in [6.45, 7) is 3.28. The van der Waals surface area contributed by atoms with Crippen LogP contribution in [0.3, 0.4) is 0 Å². The second kappa shape index (κ2) is 28.7. The van der Waals surface area contributed by atoms with Crippen LogP contribution in [0.25, 0.3) is 0 Å². The predicted molar refractivity (Wildman–Crippen MR) is 260 cm³/mol. The van der Waals surface area contributed by atoms with Gasteiger partial charge in [0.05, 0.1) is 0 Å². The molecule has 63 heavy (non-hydrogen) atoms. The molecule has 0 saturated heterocycles. The van der Waals surface area contributed by atoms with Crippen LogP contribution >= 0.6 is 23.8 Å². The Kier molecular flexibility index (Phi) is 23.9. The maximum Gasteiger partial charge on any atom is 0.485 e. The molecule has 0 aliphatic heterocycles. The molecule has 0 heterocycles. The first kappa shape index (κ1) is 52.5. The quantitative estimate of drug-likeness (QED) is 0.0445. The van der Waals surface area contributed by atoms with Crippen molar-refractivity contribution in [2.75, 3.05) is 38.1 Å². The molecule has 0 aromatic heterocycles. The summed E-state index contributed by atoms with van der Waals surface area (Å²) in [5, 5.41) is 8.81. The maximum absolute atomic E-state index is 10.7. The van der Waals surface area contributed by atoms with Gasteiger partial charge in [0, 0.05) is 39.1 Å². The molecule has 12 heteroatoms. The van der Waals surface area contributed by atoms with Crippen LogP contribution in [0, 0.1) is 25.7 Å². The number of nitrogens with zero attached hydrogens (tertiary/aromatic N) is 1.